The van der Waals surface area contributed by atoms with Crippen LogP contribution in [0.3, 0.4) is 0 Å². The molecule has 0 aliphatic heterocycles. The molecule has 0 bridgehead atoms. The number of halogens is 1. The summed E-state index contributed by atoms with van der Waals surface area (Å²) >= 11 is 0. The average molecular weight is 330 g/mol. The highest BCUT2D eigenvalue weighted by atomic mass is 19.1. The van der Waals surface area contributed by atoms with Gasteiger partial charge in [0.1, 0.15) is 5.82 Å². The highest BCUT2D eigenvalue weighted by Gasteiger charge is 2.25. The van der Waals surface area contributed by atoms with E-state index in [1.54, 1.807) is 29.1 Å². The van der Waals surface area contributed by atoms with Crippen molar-refractivity contribution in [2.75, 3.05) is 6.54 Å². The van der Waals surface area contributed by atoms with Crippen LogP contribution in [0.4, 0.5) is 4.39 Å². The third kappa shape index (κ3) is 3.82. The summed E-state index contributed by atoms with van der Waals surface area (Å²) in [4.78, 5) is 12.5. The highest BCUT2D eigenvalue weighted by molar-refractivity contribution is 5.92. The molecule has 5 nitrogen and oxygen atoms in total. The van der Waals surface area contributed by atoms with E-state index in [9.17, 15) is 9.18 Å². The van der Waals surface area contributed by atoms with Gasteiger partial charge in [0, 0.05) is 18.8 Å². The van der Waals surface area contributed by atoms with Crippen LogP contribution in [-0.2, 0) is 0 Å². The van der Waals surface area contributed by atoms with Crippen molar-refractivity contribution in [3.05, 3.63) is 48.0 Å². The minimum absolute atomic E-state index is 0.00577. The quantitative estimate of drug-likeness (QED) is 0.885. The lowest BCUT2D eigenvalue weighted by Gasteiger charge is -2.29. The lowest BCUT2D eigenvalue weighted by molar-refractivity contribution is 0.0910. The molecular formula is C18H23FN4O. The van der Waals surface area contributed by atoms with E-state index >= 15 is 0 Å². The number of carbonyl (C=O) groups is 1. The number of hydrogen-bond donors (Lipinski definition) is 2. The molecule has 1 fully saturated rings. The van der Waals surface area contributed by atoms with Crippen LogP contribution in [0.1, 0.15) is 42.6 Å². The smallest absolute Gasteiger partial charge is 0.272 e. The van der Waals surface area contributed by atoms with Gasteiger partial charge in [-0.1, -0.05) is 19.3 Å². The lowest BCUT2D eigenvalue weighted by atomic mass is 9.84. The van der Waals surface area contributed by atoms with E-state index in [4.69, 9.17) is 5.73 Å². The van der Waals surface area contributed by atoms with Gasteiger partial charge in [0.2, 0.25) is 0 Å². The maximum atomic E-state index is 13.0. The Hall–Kier alpha value is -2.21. The van der Waals surface area contributed by atoms with Crippen molar-refractivity contribution in [1.29, 1.82) is 0 Å². The van der Waals surface area contributed by atoms with Gasteiger partial charge in [-0.25, -0.2) is 9.07 Å². The van der Waals surface area contributed by atoms with Crippen LogP contribution < -0.4 is 11.1 Å². The van der Waals surface area contributed by atoms with E-state index in [-0.39, 0.29) is 17.8 Å². The van der Waals surface area contributed by atoms with E-state index in [2.05, 4.69) is 10.4 Å². The van der Waals surface area contributed by atoms with Crippen LogP contribution in [0, 0.1) is 11.7 Å². The maximum Gasteiger partial charge on any atom is 0.272 e. The zero-order valence-corrected chi connectivity index (χ0v) is 13.6. The molecule has 1 saturated carbocycles. The fourth-order valence-electron chi connectivity index (χ4n) is 3.33. The Morgan fingerprint density at radius 3 is 2.62 bits per heavy atom. The topological polar surface area (TPSA) is 72.9 Å². The summed E-state index contributed by atoms with van der Waals surface area (Å²) in [6.07, 6.45) is 7.61. The summed E-state index contributed by atoms with van der Waals surface area (Å²) < 4.78 is 14.6. The molecule has 3 rings (SSSR count). The maximum absolute atomic E-state index is 13.0. The Morgan fingerprint density at radius 1 is 1.25 bits per heavy atom. The number of rotatable bonds is 5. The average Bonchev–Trinajstić information content (AvgIpc) is 3.11. The van der Waals surface area contributed by atoms with Gasteiger partial charge in [-0.15, -0.1) is 0 Å². The van der Waals surface area contributed by atoms with Gasteiger partial charge in [0.05, 0.1) is 5.69 Å². The van der Waals surface area contributed by atoms with Crippen molar-refractivity contribution in [2.45, 2.75) is 38.1 Å². The molecule has 0 spiro atoms. The van der Waals surface area contributed by atoms with Crippen molar-refractivity contribution in [3.63, 3.8) is 0 Å². The number of aromatic nitrogens is 2. The standard InChI is InChI=1S/C18H23FN4O/c19-14-6-8-15(9-7-14)23-11-10-16(22-23)18(24)21-17(12-20)13-4-2-1-3-5-13/h6-11,13,17H,1-5,12,20H2,(H,21,24). The third-order valence-corrected chi connectivity index (χ3v) is 4.70. The van der Waals surface area contributed by atoms with Gasteiger partial charge in [-0.3, -0.25) is 4.79 Å². The molecule has 24 heavy (non-hydrogen) atoms. The van der Waals surface area contributed by atoms with Gasteiger partial charge in [0.15, 0.2) is 5.69 Å². The van der Waals surface area contributed by atoms with E-state index in [1.807, 2.05) is 0 Å². The first kappa shape index (κ1) is 16.6. The first-order valence-electron chi connectivity index (χ1n) is 8.50. The van der Waals surface area contributed by atoms with Crippen LogP contribution in [0.5, 0.6) is 0 Å². The number of nitrogens with two attached hydrogens (primary N) is 1. The third-order valence-electron chi connectivity index (χ3n) is 4.70. The van der Waals surface area contributed by atoms with Gasteiger partial charge in [-0.2, -0.15) is 5.10 Å². The van der Waals surface area contributed by atoms with Crippen molar-refractivity contribution in [3.8, 4) is 5.69 Å². The Bertz CT molecular complexity index is 677. The molecule has 1 amide bonds. The first-order chi connectivity index (χ1) is 11.7. The zero-order chi connectivity index (χ0) is 16.9. The highest BCUT2D eigenvalue weighted by Crippen LogP contribution is 2.26. The molecule has 6 heteroatoms. The molecular weight excluding hydrogens is 307 g/mol. The van der Waals surface area contributed by atoms with Gasteiger partial charge in [-0.05, 0) is 49.1 Å². The minimum Gasteiger partial charge on any atom is -0.346 e. The molecule has 1 aromatic carbocycles. The Balaban J connectivity index is 1.67. The molecule has 3 N–H and O–H groups in total. The zero-order valence-electron chi connectivity index (χ0n) is 13.6. The Kier molecular flexibility index (Phi) is 5.25. The molecule has 1 aromatic heterocycles. The summed E-state index contributed by atoms with van der Waals surface area (Å²) in [7, 11) is 0. The predicted octanol–water partition coefficient (Wildman–Crippen LogP) is 2.65. The molecule has 0 saturated heterocycles. The summed E-state index contributed by atoms with van der Waals surface area (Å²) in [5, 5.41) is 7.31. The molecule has 1 heterocycles. The largest absolute Gasteiger partial charge is 0.346 e. The van der Waals surface area contributed by atoms with Gasteiger partial charge >= 0.3 is 0 Å². The van der Waals surface area contributed by atoms with E-state index in [0.717, 1.165) is 12.8 Å². The van der Waals surface area contributed by atoms with Crippen LogP contribution >= 0.6 is 0 Å². The normalized spacial score (nSPS) is 16.8. The van der Waals surface area contributed by atoms with Gasteiger partial charge < -0.3 is 11.1 Å². The van der Waals surface area contributed by atoms with E-state index in [1.165, 1.54) is 31.4 Å². The number of benzene rings is 1. The van der Waals surface area contributed by atoms with Crippen LogP contribution in [-0.4, -0.2) is 28.3 Å². The molecule has 1 unspecified atom stereocenters. The number of nitrogens with one attached hydrogen (secondary N) is 1. The fraction of sp³-hybridized carbons (Fsp3) is 0.444. The van der Waals surface area contributed by atoms with Crippen LogP contribution in [0.25, 0.3) is 5.69 Å². The predicted molar refractivity (Wildman–Crippen MR) is 90.4 cm³/mol. The molecule has 1 aliphatic rings. The van der Waals surface area contributed by atoms with Crippen molar-refractivity contribution < 1.29 is 9.18 Å². The number of carbonyl (C=O) groups excluding carboxylic acids is 1. The number of hydrogen-bond acceptors (Lipinski definition) is 3. The SMILES string of the molecule is NCC(NC(=O)c1ccn(-c2ccc(F)cc2)n1)C1CCCCC1. The van der Waals surface area contributed by atoms with E-state index < -0.39 is 0 Å². The van der Waals surface area contributed by atoms with Crippen LogP contribution in [0.2, 0.25) is 0 Å². The summed E-state index contributed by atoms with van der Waals surface area (Å²) in [6, 6.07) is 7.62. The van der Waals surface area contributed by atoms with Crippen LogP contribution in [0.15, 0.2) is 36.5 Å². The van der Waals surface area contributed by atoms with Gasteiger partial charge in [0.25, 0.3) is 5.91 Å². The molecule has 2 aromatic rings. The van der Waals surface area contributed by atoms with E-state index in [0.29, 0.717) is 23.8 Å². The lowest BCUT2D eigenvalue weighted by Crippen LogP contribution is -2.46. The Labute approximate surface area is 141 Å². The van der Waals surface area contributed by atoms with Crippen molar-refractivity contribution in [2.24, 2.45) is 11.7 Å². The second-order valence-corrected chi connectivity index (χ2v) is 6.34. The Morgan fingerprint density at radius 2 is 1.96 bits per heavy atom. The second-order valence-electron chi connectivity index (χ2n) is 6.34. The summed E-state index contributed by atoms with van der Waals surface area (Å²) in [6.45, 7) is 0.440. The summed E-state index contributed by atoms with van der Waals surface area (Å²) in [5.41, 5.74) is 6.91. The fourth-order valence-corrected chi connectivity index (χ4v) is 3.33. The summed E-state index contributed by atoms with van der Waals surface area (Å²) in [5.74, 6) is -0.0640. The number of amides is 1. The molecule has 1 atom stereocenters. The molecule has 0 radical (unpaired) electrons. The second kappa shape index (κ2) is 7.57. The monoisotopic (exact) mass is 330 g/mol. The minimum atomic E-state index is -0.304. The first-order valence-corrected chi connectivity index (χ1v) is 8.50. The number of nitrogens with zero attached hydrogens (tertiary/aromatic N) is 2. The van der Waals surface area contributed by atoms with Crippen molar-refractivity contribution >= 4 is 5.91 Å². The molecule has 1 aliphatic carbocycles. The molecule has 128 valence electrons. The van der Waals surface area contributed by atoms with Crippen molar-refractivity contribution in [1.82, 2.24) is 15.1 Å².